The van der Waals surface area contributed by atoms with Crippen molar-refractivity contribution in [1.82, 2.24) is 5.32 Å². The number of carbonyl (C=O) groups is 3. The van der Waals surface area contributed by atoms with Crippen molar-refractivity contribution < 1.29 is 29.0 Å². The van der Waals surface area contributed by atoms with Crippen molar-refractivity contribution in [2.45, 2.75) is 44.6 Å². The molecule has 0 aliphatic rings. The third kappa shape index (κ3) is 7.88. The van der Waals surface area contributed by atoms with E-state index < -0.39 is 34.9 Å². The molecule has 0 aromatic rings. The van der Waals surface area contributed by atoms with Gasteiger partial charge in [-0.25, -0.2) is 9.59 Å². The van der Waals surface area contributed by atoms with Crippen LogP contribution in [0.15, 0.2) is 0 Å². The van der Waals surface area contributed by atoms with Gasteiger partial charge in [0.2, 0.25) is 0 Å². The van der Waals surface area contributed by atoms with Gasteiger partial charge in [0.25, 0.3) is 0 Å². The number of alkyl carbamates (subject to hydrolysis) is 1. The average molecular weight is 307 g/mol. The number of esters is 1. The normalized spacial score (nSPS) is 14.1. The van der Waals surface area contributed by atoms with Crippen molar-refractivity contribution in [3.63, 3.8) is 0 Å². The zero-order chi connectivity index (χ0) is 15.9. The van der Waals surface area contributed by atoms with E-state index in [4.69, 9.17) is 9.84 Å². The summed E-state index contributed by atoms with van der Waals surface area (Å²) in [7, 11) is 1.26. The summed E-state index contributed by atoms with van der Waals surface area (Å²) in [5, 5.41) is 10.8. The molecular formula is C12H21NO6S. The monoisotopic (exact) mass is 307 g/mol. The molecule has 0 saturated carbocycles. The summed E-state index contributed by atoms with van der Waals surface area (Å²) < 4.78 is 9.51. The molecule has 0 fully saturated rings. The third-order valence-electron chi connectivity index (χ3n) is 2.04. The number of thioether (sulfide) groups is 1. The molecule has 0 aliphatic heterocycles. The first-order valence-electron chi connectivity index (χ1n) is 5.98. The van der Waals surface area contributed by atoms with Crippen molar-refractivity contribution in [1.29, 1.82) is 0 Å². The van der Waals surface area contributed by atoms with Crippen LogP contribution < -0.4 is 5.32 Å². The van der Waals surface area contributed by atoms with E-state index in [1.165, 1.54) is 7.11 Å². The van der Waals surface area contributed by atoms with E-state index in [0.29, 0.717) is 0 Å². The first-order chi connectivity index (χ1) is 9.06. The number of rotatable bonds is 6. The van der Waals surface area contributed by atoms with Gasteiger partial charge in [-0.3, -0.25) is 4.79 Å². The third-order valence-corrected chi connectivity index (χ3v) is 3.25. The molecule has 0 radical (unpaired) electrons. The number of carboxylic acids is 1. The SMILES string of the molecule is COC(=O)C(C)SCC(NC(=O)OC(C)(C)C)C(=O)O. The number of methoxy groups -OCH3 is 1. The maximum absolute atomic E-state index is 11.5. The van der Waals surface area contributed by atoms with Crippen molar-refractivity contribution in [2.75, 3.05) is 12.9 Å². The molecule has 8 heteroatoms. The lowest BCUT2D eigenvalue weighted by atomic mass is 10.2. The number of amides is 1. The Kier molecular flexibility index (Phi) is 7.41. The minimum atomic E-state index is -1.19. The van der Waals surface area contributed by atoms with Gasteiger partial charge in [-0.1, -0.05) is 0 Å². The van der Waals surface area contributed by atoms with Gasteiger partial charge in [0.1, 0.15) is 11.6 Å². The molecule has 7 nitrogen and oxygen atoms in total. The standard InChI is InChI=1S/C12H21NO6S/c1-7(10(16)18-5)20-6-8(9(14)15)13-11(17)19-12(2,3)4/h7-8H,6H2,1-5H3,(H,13,17)(H,14,15). The van der Waals surface area contributed by atoms with Crippen LogP contribution in [0.3, 0.4) is 0 Å². The van der Waals surface area contributed by atoms with Crippen LogP contribution in [0.5, 0.6) is 0 Å². The molecule has 20 heavy (non-hydrogen) atoms. The Balaban J connectivity index is 4.42. The fourth-order valence-electron chi connectivity index (χ4n) is 1.10. The molecule has 0 saturated heterocycles. The van der Waals surface area contributed by atoms with E-state index in [2.05, 4.69) is 10.1 Å². The highest BCUT2D eigenvalue weighted by molar-refractivity contribution is 8.00. The van der Waals surface area contributed by atoms with Crippen molar-refractivity contribution >= 4 is 29.8 Å². The van der Waals surface area contributed by atoms with Gasteiger partial charge in [-0.05, 0) is 27.7 Å². The zero-order valence-corrected chi connectivity index (χ0v) is 13.1. The maximum Gasteiger partial charge on any atom is 0.408 e. The van der Waals surface area contributed by atoms with E-state index >= 15 is 0 Å². The van der Waals surface area contributed by atoms with Crippen LogP contribution in [0, 0.1) is 0 Å². The Morgan fingerprint density at radius 1 is 1.30 bits per heavy atom. The fourth-order valence-corrected chi connectivity index (χ4v) is 2.04. The number of ether oxygens (including phenoxy) is 2. The Labute approximate surface area is 122 Å². The van der Waals surface area contributed by atoms with Crippen LogP contribution in [0.1, 0.15) is 27.7 Å². The number of carboxylic acid groups (broad SMARTS) is 1. The second kappa shape index (κ2) is 7.98. The largest absolute Gasteiger partial charge is 0.480 e. The minimum absolute atomic E-state index is 0.0326. The summed E-state index contributed by atoms with van der Waals surface area (Å²) >= 11 is 1.08. The molecule has 1 amide bonds. The van der Waals surface area contributed by atoms with E-state index in [9.17, 15) is 14.4 Å². The number of carbonyl (C=O) groups excluding carboxylic acids is 2. The summed E-state index contributed by atoms with van der Waals surface area (Å²) in [6.07, 6.45) is -0.809. The molecule has 2 N–H and O–H groups in total. The topological polar surface area (TPSA) is 102 Å². The number of nitrogens with one attached hydrogen (secondary N) is 1. The van der Waals surface area contributed by atoms with Crippen LogP contribution in [0.4, 0.5) is 4.79 Å². The highest BCUT2D eigenvalue weighted by Gasteiger charge is 2.25. The smallest absolute Gasteiger partial charge is 0.408 e. The molecule has 0 aliphatic carbocycles. The summed E-state index contributed by atoms with van der Waals surface area (Å²) in [4.78, 5) is 33.8. The van der Waals surface area contributed by atoms with Gasteiger partial charge in [0.05, 0.1) is 12.4 Å². The lowest BCUT2D eigenvalue weighted by Crippen LogP contribution is -2.45. The van der Waals surface area contributed by atoms with Gasteiger partial charge >= 0.3 is 18.0 Å². The van der Waals surface area contributed by atoms with Gasteiger partial charge in [-0.2, -0.15) is 0 Å². The Hall–Kier alpha value is -1.44. The van der Waals surface area contributed by atoms with Crippen LogP contribution in [0.2, 0.25) is 0 Å². The molecule has 2 atom stereocenters. The average Bonchev–Trinajstić information content (AvgIpc) is 2.30. The second-order valence-corrected chi connectivity index (χ2v) is 6.41. The molecular weight excluding hydrogens is 286 g/mol. The van der Waals surface area contributed by atoms with Gasteiger partial charge in [-0.15, -0.1) is 11.8 Å². The molecule has 0 bridgehead atoms. The molecule has 0 aromatic carbocycles. The Bertz CT molecular complexity index is 365. The molecule has 0 heterocycles. The highest BCUT2D eigenvalue weighted by atomic mass is 32.2. The van der Waals surface area contributed by atoms with Crippen LogP contribution >= 0.6 is 11.8 Å². The predicted octanol–water partition coefficient (Wildman–Crippen LogP) is 1.26. The first kappa shape index (κ1) is 18.6. The van der Waals surface area contributed by atoms with Crippen molar-refractivity contribution in [3.8, 4) is 0 Å². The van der Waals surface area contributed by atoms with Crippen LogP contribution in [0.25, 0.3) is 0 Å². The second-order valence-electron chi connectivity index (χ2n) is 5.04. The maximum atomic E-state index is 11.5. The molecule has 0 aromatic heterocycles. The molecule has 0 spiro atoms. The Morgan fingerprint density at radius 3 is 2.25 bits per heavy atom. The number of aliphatic carboxylic acids is 1. The summed E-state index contributed by atoms with van der Waals surface area (Å²) in [6, 6.07) is -1.14. The first-order valence-corrected chi connectivity index (χ1v) is 7.03. The van der Waals surface area contributed by atoms with E-state index in [-0.39, 0.29) is 5.75 Å². The fraction of sp³-hybridized carbons (Fsp3) is 0.750. The van der Waals surface area contributed by atoms with E-state index in [1.54, 1.807) is 27.7 Å². The lowest BCUT2D eigenvalue weighted by Gasteiger charge is -2.22. The van der Waals surface area contributed by atoms with Gasteiger partial charge < -0.3 is 19.9 Å². The zero-order valence-electron chi connectivity index (χ0n) is 12.3. The summed E-state index contributed by atoms with van der Waals surface area (Å²) in [6.45, 7) is 6.63. The van der Waals surface area contributed by atoms with Crippen LogP contribution in [-0.4, -0.2) is 52.9 Å². The van der Waals surface area contributed by atoms with Gasteiger partial charge in [0, 0.05) is 5.75 Å². The quantitative estimate of drug-likeness (QED) is 0.712. The summed E-state index contributed by atoms with van der Waals surface area (Å²) in [5.74, 6) is -1.61. The van der Waals surface area contributed by atoms with Crippen molar-refractivity contribution in [2.24, 2.45) is 0 Å². The number of hydrogen-bond donors (Lipinski definition) is 2. The van der Waals surface area contributed by atoms with Crippen molar-refractivity contribution in [3.05, 3.63) is 0 Å². The minimum Gasteiger partial charge on any atom is -0.480 e. The van der Waals surface area contributed by atoms with E-state index in [0.717, 1.165) is 11.8 Å². The molecule has 116 valence electrons. The predicted molar refractivity (Wildman–Crippen MR) is 74.7 cm³/mol. The number of hydrogen-bond acceptors (Lipinski definition) is 6. The van der Waals surface area contributed by atoms with Crippen LogP contribution in [-0.2, 0) is 19.1 Å². The molecule has 0 rings (SSSR count). The Morgan fingerprint density at radius 2 is 1.85 bits per heavy atom. The van der Waals surface area contributed by atoms with E-state index in [1.807, 2.05) is 0 Å². The summed E-state index contributed by atoms with van der Waals surface area (Å²) in [5.41, 5.74) is -0.709. The van der Waals surface area contributed by atoms with Gasteiger partial charge in [0.15, 0.2) is 0 Å². The lowest BCUT2D eigenvalue weighted by molar-refractivity contribution is -0.140. The highest BCUT2D eigenvalue weighted by Crippen LogP contribution is 2.14. The molecule has 2 unspecified atom stereocenters.